The largest absolute Gasteiger partial charge is 0.371 e. The van der Waals surface area contributed by atoms with Crippen LogP contribution in [0, 0.1) is 0 Å². The standard InChI is InChI=1S/C25H25N3O2S/c1-27(2)25(29)24-23(19-8-4-6-10-22(19)31-24)21-16-28(13-14-30-21)15-17-11-12-26-20-9-5-3-7-18(17)20/h3-12,21H,13-16H2,1-2H3/t21-/m0/s1. The van der Waals surface area contributed by atoms with Crippen molar-refractivity contribution >= 4 is 38.2 Å². The predicted octanol–water partition coefficient (Wildman–Crippen LogP) is 4.72. The van der Waals surface area contributed by atoms with Gasteiger partial charge in [0.15, 0.2) is 0 Å². The second-order valence-electron chi connectivity index (χ2n) is 8.12. The second-order valence-corrected chi connectivity index (χ2v) is 9.17. The summed E-state index contributed by atoms with van der Waals surface area (Å²) in [5.41, 5.74) is 3.32. The van der Waals surface area contributed by atoms with E-state index in [0.29, 0.717) is 6.61 Å². The van der Waals surface area contributed by atoms with Gasteiger partial charge in [0, 0.05) is 55.6 Å². The highest BCUT2D eigenvalue weighted by molar-refractivity contribution is 7.21. The molecule has 1 saturated heterocycles. The fourth-order valence-corrected chi connectivity index (χ4v) is 5.58. The number of nitrogens with zero attached hydrogens (tertiary/aromatic N) is 3. The van der Waals surface area contributed by atoms with Crippen LogP contribution in [0.5, 0.6) is 0 Å². The summed E-state index contributed by atoms with van der Waals surface area (Å²) in [7, 11) is 3.61. The van der Waals surface area contributed by atoms with Crippen LogP contribution < -0.4 is 0 Å². The van der Waals surface area contributed by atoms with Crippen LogP contribution in [0.3, 0.4) is 0 Å². The molecule has 5 nitrogen and oxygen atoms in total. The average molecular weight is 432 g/mol. The molecule has 1 aliphatic rings. The van der Waals surface area contributed by atoms with E-state index in [-0.39, 0.29) is 12.0 Å². The third-order valence-electron chi connectivity index (χ3n) is 5.84. The first-order valence-electron chi connectivity index (χ1n) is 10.5. The molecule has 0 radical (unpaired) electrons. The van der Waals surface area contributed by atoms with E-state index in [0.717, 1.165) is 45.7 Å². The van der Waals surface area contributed by atoms with Gasteiger partial charge in [-0.1, -0.05) is 36.4 Å². The van der Waals surface area contributed by atoms with Gasteiger partial charge in [-0.15, -0.1) is 11.3 Å². The van der Waals surface area contributed by atoms with Crippen LogP contribution in [-0.4, -0.2) is 54.5 Å². The van der Waals surface area contributed by atoms with E-state index in [1.807, 2.05) is 24.4 Å². The summed E-state index contributed by atoms with van der Waals surface area (Å²) in [6.07, 6.45) is 1.76. The maximum Gasteiger partial charge on any atom is 0.263 e. The summed E-state index contributed by atoms with van der Waals surface area (Å²) in [6.45, 7) is 3.10. The Labute approximate surface area is 185 Å². The SMILES string of the molecule is CN(C)C(=O)c1sc2ccccc2c1[C@@H]1CN(Cc2ccnc3ccccc23)CCO1. The Morgan fingerprint density at radius 2 is 1.90 bits per heavy atom. The van der Waals surface area contributed by atoms with Gasteiger partial charge in [-0.25, -0.2) is 0 Å². The van der Waals surface area contributed by atoms with Crippen LogP contribution in [0.15, 0.2) is 60.8 Å². The summed E-state index contributed by atoms with van der Waals surface area (Å²) in [5, 5.41) is 2.32. The van der Waals surface area contributed by atoms with Crippen LogP contribution >= 0.6 is 11.3 Å². The second kappa shape index (κ2) is 8.38. The Bertz CT molecular complexity index is 1240. The lowest BCUT2D eigenvalue weighted by atomic mass is 10.0. The van der Waals surface area contributed by atoms with Gasteiger partial charge in [-0.2, -0.15) is 0 Å². The van der Waals surface area contributed by atoms with Gasteiger partial charge in [0.25, 0.3) is 5.91 Å². The van der Waals surface area contributed by atoms with E-state index >= 15 is 0 Å². The normalized spacial score (nSPS) is 17.3. The highest BCUT2D eigenvalue weighted by Crippen LogP contribution is 2.39. The van der Waals surface area contributed by atoms with Crippen molar-refractivity contribution in [3.05, 3.63) is 76.8 Å². The van der Waals surface area contributed by atoms with Gasteiger partial charge < -0.3 is 9.64 Å². The molecule has 158 valence electrons. The van der Waals surface area contributed by atoms with Crippen molar-refractivity contribution in [2.45, 2.75) is 12.6 Å². The zero-order chi connectivity index (χ0) is 21.4. The zero-order valence-electron chi connectivity index (χ0n) is 17.7. The number of pyridine rings is 1. The molecule has 1 fully saturated rings. The molecular weight excluding hydrogens is 406 g/mol. The molecule has 31 heavy (non-hydrogen) atoms. The fraction of sp³-hybridized carbons (Fsp3) is 0.280. The smallest absolute Gasteiger partial charge is 0.263 e. The quantitative estimate of drug-likeness (QED) is 0.469. The van der Waals surface area contributed by atoms with Crippen LogP contribution in [0.2, 0.25) is 0 Å². The maximum atomic E-state index is 13.0. The highest BCUT2D eigenvalue weighted by atomic mass is 32.1. The van der Waals surface area contributed by atoms with Gasteiger partial charge in [0.05, 0.1) is 23.1 Å². The number of ether oxygens (including phenoxy) is 1. The fourth-order valence-electron chi connectivity index (χ4n) is 4.30. The third kappa shape index (κ3) is 3.82. The van der Waals surface area contributed by atoms with Gasteiger partial charge in [0.1, 0.15) is 0 Å². The van der Waals surface area contributed by atoms with Crippen molar-refractivity contribution in [2.24, 2.45) is 0 Å². The molecule has 3 heterocycles. The van der Waals surface area contributed by atoms with Crippen LogP contribution in [0.4, 0.5) is 0 Å². The number of hydrogen-bond acceptors (Lipinski definition) is 5. The first kappa shape index (κ1) is 20.1. The summed E-state index contributed by atoms with van der Waals surface area (Å²) in [4.78, 5) is 22.3. The summed E-state index contributed by atoms with van der Waals surface area (Å²) in [5.74, 6) is 0.0389. The van der Waals surface area contributed by atoms with Crippen molar-refractivity contribution in [2.75, 3.05) is 33.8 Å². The van der Waals surface area contributed by atoms with Crippen LogP contribution in [0.1, 0.15) is 26.9 Å². The number of para-hydroxylation sites is 1. The number of aromatic nitrogens is 1. The van der Waals surface area contributed by atoms with E-state index in [1.54, 1.807) is 30.3 Å². The lowest BCUT2D eigenvalue weighted by Crippen LogP contribution is -2.38. The number of rotatable bonds is 4. The summed E-state index contributed by atoms with van der Waals surface area (Å²) >= 11 is 1.56. The van der Waals surface area contributed by atoms with E-state index in [2.05, 4.69) is 46.3 Å². The van der Waals surface area contributed by atoms with Gasteiger partial charge in [-0.05, 0) is 29.1 Å². The molecule has 1 atom stereocenters. The van der Waals surface area contributed by atoms with Crippen LogP contribution in [-0.2, 0) is 11.3 Å². The van der Waals surface area contributed by atoms with E-state index in [1.165, 1.54) is 10.9 Å². The third-order valence-corrected chi connectivity index (χ3v) is 7.01. The monoisotopic (exact) mass is 431 g/mol. The number of thiophene rings is 1. The molecule has 0 aliphatic carbocycles. The van der Waals surface area contributed by atoms with Crippen molar-refractivity contribution in [3.63, 3.8) is 0 Å². The van der Waals surface area contributed by atoms with Crippen molar-refractivity contribution < 1.29 is 9.53 Å². The number of amides is 1. The van der Waals surface area contributed by atoms with Gasteiger partial charge >= 0.3 is 0 Å². The van der Waals surface area contributed by atoms with Crippen molar-refractivity contribution in [1.29, 1.82) is 0 Å². The summed E-state index contributed by atoms with van der Waals surface area (Å²) in [6, 6.07) is 18.6. The Kier molecular flexibility index (Phi) is 5.44. The van der Waals surface area contributed by atoms with Gasteiger partial charge in [0.2, 0.25) is 0 Å². The number of hydrogen-bond donors (Lipinski definition) is 0. The molecule has 2 aromatic heterocycles. The molecule has 0 unspecified atom stereocenters. The van der Waals surface area contributed by atoms with Gasteiger partial charge in [-0.3, -0.25) is 14.7 Å². The number of morpholine rings is 1. The number of carbonyl (C=O) groups is 1. The topological polar surface area (TPSA) is 45.7 Å². The van der Waals surface area contributed by atoms with E-state index in [9.17, 15) is 4.79 Å². The van der Waals surface area contributed by atoms with E-state index < -0.39 is 0 Å². The molecule has 0 N–H and O–H groups in total. The van der Waals surface area contributed by atoms with E-state index in [4.69, 9.17) is 4.74 Å². The Morgan fingerprint density at radius 3 is 2.74 bits per heavy atom. The lowest BCUT2D eigenvalue weighted by molar-refractivity contribution is -0.0322. The molecule has 0 spiro atoms. The minimum absolute atomic E-state index is 0.0389. The van der Waals surface area contributed by atoms with Crippen LogP contribution in [0.25, 0.3) is 21.0 Å². The molecule has 6 heteroatoms. The molecule has 1 aliphatic heterocycles. The Balaban J connectivity index is 1.47. The first-order chi connectivity index (χ1) is 15.1. The molecule has 5 rings (SSSR count). The summed E-state index contributed by atoms with van der Waals surface area (Å²) < 4.78 is 7.37. The van der Waals surface area contributed by atoms with Crippen molar-refractivity contribution in [1.82, 2.24) is 14.8 Å². The highest BCUT2D eigenvalue weighted by Gasteiger charge is 2.30. The average Bonchev–Trinajstić information content (AvgIpc) is 3.18. The van der Waals surface area contributed by atoms with Crippen molar-refractivity contribution in [3.8, 4) is 0 Å². The Hall–Kier alpha value is -2.80. The first-order valence-corrected chi connectivity index (χ1v) is 11.3. The predicted molar refractivity (Wildman–Crippen MR) is 126 cm³/mol. The molecular formula is C25H25N3O2S. The molecule has 4 aromatic rings. The maximum absolute atomic E-state index is 13.0. The Morgan fingerprint density at radius 1 is 1.13 bits per heavy atom. The molecule has 0 bridgehead atoms. The number of carbonyl (C=O) groups excluding carboxylic acids is 1. The number of fused-ring (bicyclic) bond motifs is 2. The minimum atomic E-state index is -0.128. The minimum Gasteiger partial charge on any atom is -0.371 e. The zero-order valence-corrected chi connectivity index (χ0v) is 18.6. The molecule has 1 amide bonds. The molecule has 0 saturated carbocycles. The lowest BCUT2D eigenvalue weighted by Gasteiger charge is -2.33. The number of benzene rings is 2. The molecule has 2 aromatic carbocycles.